The molecule has 1 atom stereocenters. The van der Waals surface area contributed by atoms with Gasteiger partial charge in [0.15, 0.2) is 0 Å². The van der Waals surface area contributed by atoms with Crippen molar-refractivity contribution in [3.05, 3.63) is 54.6 Å². The van der Waals surface area contributed by atoms with Crippen molar-refractivity contribution in [1.82, 2.24) is 19.7 Å². The van der Waals surface area contributed by atoms with Gasteiger partial charge >= 0.3 is 0 Å². The van der Waals surface area contributed by atoms with E-state index in [-0.39, 0.29) is 0 Å². The molecule has 104 valence electrons. The molecule has 2 aromatic rings. The highest BCUT2D eigenvalue weighted by molar-refractivity contribution is 5.48. The Hall–Kier alpha value is -1.94. The first-order chi connectivity index (χ1) is 9.92. The summed E-state index contributed by atoms with van der Waals surface area (Å²) < 4.78 is 1.93. The number of nitrogens with zero attached hydrogens (tertiary/aromatic N) is 4. The fraction of sp³-hybridized carbons (Fsp3) is 0.375. The number of rotatable bonds is 5. The van der Waals surface area contributed by atoms with Gasteiger partial charge in [-0.15, -0.1) is 0 Å². The molecule has 1 saturated heterocycles. The van der Waals surface area contributed by atoms with Crippen LogP contribution in [0.4, 0.5) is 0 Å². The third-order valence-electron chi connectivity index (χ3n) is 3.81. The molecule has 0 amide bonds. The summed E-state index contributed by atoms with van der Waals surface area (Å²) in [5.41, 5.74) is 1.26. The third-order valence-corrected chi connectivity index (χ3v) is 3.81. The van der Waals surface area contributed by atoms with Crippen LogP contribution in [0.5, 0.6) is 0 Å². The van der Waals surface area contributed by atoms with Crippen LogP contribution in [0.3, 0.4) is 0 Å². The lowest BCUT2D eigenvalue weighted by Crippen LogP contribution is -2.33. The predicted octanol–water partition coefficient (Wildman–Crippen LogP) is 2.46. The molecule has 1 aliphatic heterocycles. The molecule has 0 saturated carbocycles. The van der Waals surface area contributed by atoms with E-state index in [4.69, 9.17) is 0 Å². The Morgan fingerprint density at radius 1 is 1.25 bits per heavy atom. The Morgan fingerprint density at radius 3 is 2.95 bits per heavy atom. The van der Waals surface area contributed by atoms with E-state index < -0.39 is 0 Å². The monoisotopic (exact) mass is 268 g/mol. The van der Waals surface area contributed by atoms with Crippen molar-refractivity contribution in [3.63, 3.8) is 0 Å². The minimum atomic E-state index is 0.581. The fourth-order valence-electron chi connectivity index (χ4n) is 2.77. The Morgan fingerprint density at radius 2 is 2.15 bits per heavy atom. The summed E-state index contributed by atoms with van der Waals surface area (Å²) in [4.78, 5) is 6.54. The van der Waals surface area contributed by atoms with Crippen molar-refractivity contribution >= 4 is 6.08 Å². The highest BCUT2D eigenvalue weighted by atomic mass is 15.3. The molecule has 0 N–H and O–H groups in total. The first-order valence-corrected chi connectivity index (χ1v) is 7.20. The summed E-state index contributed by atoms with van der Waals surface area (Å²) in [7, 11) is 0. The van der Waals surface area contributed by atoms with E-state index in [1.807, 2.05) is 10.7 Å². The standard InChI is InChI=1S/C16H20N4/c1-2-6-15(7-3-1)8-4-10-19-11-5-9-16(19)12-20-14-17-13-18-20/h1-4,6-8,13-14,16H,5,9-12H2/b8-4+/t16-/m0/s1. The van der Waals surface area contributed by atoms with Gasteiger partial charge in [0.2, 0.25) is 0 Å². The van der Waals surface area contributed by atoms with E-state index >= 15 is 0 Å². The number of hydrogen-bond acceptors (Lipinski definition) is 3. The summed E-state index contributed by atoms with van der Waals surface area (Å²) in [6, 6.07) is 11.0. The average molecular weight is 268 g/mol. The third kappa shape index (κ3) is 3.33. The smallest absolute Gasteiger partial charge is 0.137 e. The molecule has 0 aliphatic carbocycles. The van der Waals surface area contributed by atoms with Crippen LogP contribution < -0.4 is 0 Å². The Kier molecular flexibility index (Phi) is 4.23. The quantitative estimate of drug-likeness (QED) is 0.835. The number of aromatic nitrogens is 3. The minimum absolute atomic E-state index is 0.581. The molecule has 4 heteroatoms. The van der Waals surface area contributed by atoms with Gasteiger partial charge in [0.1, 0.15) is 12.7 Å². The zero-order valence-corrected chi connectivity index (χ0v) is 11.6. The number of benzene rings is 1. The van der Waals surface area contributed by atoms with Gasteiger partial charge in [-0.1, -0.05) is 42.5 Å². The molecule has 20 heavy (non-hydrogen) atoms. The average Bonchev–Trinajstić information content (AvgIpc) is 3.13. The number of likely N-dealkylation sites (tertiary alicyclic amines) is 1. The van der Waals surface area contributed by atoms with Gasteiger partial charge in [-0.25, -0.2) is 4.98 Å². The van der Waals surface area contributed by atoms with Crippen molar-refractivity contribution in [2.75, 3.05) is 13.1 Å². The Balaban J connectivity index is 1.55. The molecule has 0 radical (unpaired) electrons. The van der Waals surface area contributed by atoms with Gasteiger partial charge in [0.25, 0.3) is 0 Å². The van der Waals surface area contributed by atoms with Gasteiger partial charge in [-0.3, -0.25) is 9.58 Å². The van der Waals surface area contributed by atoms with E-state index in [1.165, 1.54) is 24.9 Å². The van der Waals surface area contributed by atoms with Crippen LogP contribution in [-0.2, 0) is 6.54 Å². The topological polar surface area (TPSA) is 34.0 Å². The van der Waals surface area contributed by atoms with Crippen molar-refractivity contribution in [1.29, 1.82) is 0 Å². The van der Waals surface area contributed by atoms with Crippen LogP contribution in [0.1, 0.15) is 18.4 Å². The second kappa shape index (κ2) is 6.48. The molecule has 4 nitrogen and oxygen atoms in total. The molecule has 1 aromatic carbocycles. The SMILES string of the molecule is C(=C\c1ccccc1)/CN1CCC[C@H]1Cn1cncn1. The molecule has 2 heterocycles. The lowest BCUT2D eigenvalue weighted by Gasteiger charge is -2.22. The van der Waals surface area contributed by atoms with Crippen LogP contribution in [0, 0.1) is 0 Å². The van der Waals surface area contributed by atoms with E-state index in [0.717, 1.165) is 13.1 Å². The van der Waals surface area contributed by atoms with Crippen molar-refractivity contribution in [3.8, 4) is 0 Å². The highest BCUT2D eigenvalue weighted by Crippen LogP contribution is 2.18. The molecule has 0 unspecified atom stereocenters. The summed E-state index contributed by atoms with van der Waals surface area (Å²) in [6.45, 7) is 3.13. The Labute approximate surface area is 119 Å². The van der Waals surface area contributed by atoms with E-state index in [0.29, 0.717) is 6.04 Å². The first-order valence-electron chi connectivity index (χ1n) is 7.20. The van der Waals surface area contributed by atoms with Gasteiger partial charge in [0.05, 0.1) is 6.54 Å². The maximum atomic E-state index is 4.20. The van der Waals surface area contributed by atoms with Gasteiger partial charge in [-0.05, 0) is 24.9 Å². The Bertz CT molecular complexity index is 533. The largest absolute Gasteiger partial charge is 0.295 e. The lowest BCUT2D eigenvalue weighted by atomic mass is 10.2. The summed E-state index contributed by atoms with van der Waals surface area (Å²) in [5, 5.41) is 4.20. The molecule has 1 aromatic heterocycles. The maximum Gasteiger partial charge on any atom is 0.137 e. The minimum Gasteiger partial charge on any atom is -0.295 e. The van der Waals surface area contributed by atoms with Crippen LogP contribution >= 0.6 is 0 Å². The van der Waals surface area contributed by atoms with Gasteiger partial charge in [0, 0.05) is 12.6 Å². The first kappa shape index (κ1) is 13.1. The zero-order valence-electron chi connectivity index (χ0n) is 11.6. The number of hydrogen-bond donors (Lipinski definition) is 0. The molecule has 1 aliphatic rings. The molecular weight excluding hydrogens is 248 g/mol. The molecular formula is C16H20N4. The molecule has 1 fully saturated rings. The van der Waals surface area contributed by atoms with Gasteiger partial charge < -0.3 is 0 Å². The molecule has 0 bridgehead atoms. The zero-order chi connectivity index (χ0) is 13.6. The van der Waals surface area contributed by atoms with E-state index in [2.05, 4.69) is 51.4 Å². The van der Waals surface area contributed by atoms with E-state index in [9.17, 15) is 0 Å². The normalized spacial score (nSPS) is 19.9. The van der Waals surface area contributed by atoms with Crippen LogP contribution in [0.2, 0.25) is 0 Å². The van der Waals surface area contributed by atoms with Crippen molar-refractivity contribution in [2.24, 2.45) is 0 Å². The van der Waals surface area contributed by atoms with Gasteiger partial charge in [-0.2, -0.15) is 5.10 Å². The summed E-state index contributed by atoms with van der Waals surface area (Å²) in [5.74, 6) is 0. The van der Waals surface area contributed by atoms with Crippen molar-refractivity contribution < 1.29 is 0 Å². The summed E-state index contributed by atoms with van der Waals surface area (Å²) >= 11 is 0. The molecule has 3 rings (SSSR count). The van der Waals surface area contributed by atoms with Crippen molar-refractivity contribution in [2.45, 2.75) is 25.4 Å². The van der Waals surface area contributed by atoms with Crippen LogP contribution in [-0.4, -0.2) is 38.8 Å². The summed E-state index contributed by atoms with van der Waals surface area (Å²) in [6.07, 6.45) is 10.4. The molecule has 0 spiro atoms. The fourth-order valence-corrected chi connectivity index (χ4v) is 2.77. The highest BCUT2D eigenvalue weighted by Gasteiger charge is 2.23. The van der Waals surface area contributed by atoms with Crippen LogP contribution in [0.25, 0.3) is 6.08 Å². The maximum absolute atomic E-state index is 4.20. The van der Waals surface area contributed by atoms with E-state index in [1.54, 1.807) is 12.7 Å². The second-order valence-electron chi connectivity index (χ2n) is 5.22. The second-order valence-corrected chi connectivity index (χ2v) is 5.22. The lowest BCUT2D eigenvalue weighted by molar-refractivity contribution is 0.249. The van der Waals surface area contributed by atoms with Crippen LogP contribution in [0.15, 0.2) is 49.1 Å². The predicted molar refractivity (Wildman–Crippen MR) is 80.1 cm³/mol.